The van der Waals surface area contributed by atoms with Crippen LogP contribution in [-0.2, 0) is 0 Å². The molecule has 0 saturated carbocycles. The highest BCUT2D eigenvalue weighted by molar-refractivity contribution is 5.67. The molecule has 0 aliphatic heterocycles. The van der Waals surface area contributed by atoms with Crippen LogP contribution in [0, 0.1) is 25.5 Å². The van der Waals surface area contributed by atoms with Crippen LogP contribution < -0.4 is 0 Å². The van der Waals surface area contributed by atoms with Crippen molar-refractivity contribution >= 4 is 0 Å². The van der Waals surface area contributed by atoms with E-state index < -0.39 is 0 Å². The fraction of sp³-hybridized carbons (Fsp3) is 0.143. The van der Waals surface area contributed by atoms with Crippen molar-refractivity contribution in [3.63, 3.8) is 0 Å². The van der Waals surface area contributed by atoms with Crippen LogP contribution in [0.2, 0.25) is 0 Å². The number of hydrogen-bond donors (Lipinski definition) is 0. The van der Waals surface area contributed by atoms with Crippen LogP contribution >= 0.6 is 0 Å². The lowest BCUT2D eigenvalue weighted by atomic mass is 9.98. The highest BCUT2D eigenvalue weighted by atomic mass is 19.1. The van der Waals surface area contributed by atoms with Gasteiger partial charge in [0.05, 0.1) is 0 Å². The smallest absolute Gasteiger partial charge is 0.129 e. The van der Waals surface area contributed by atoms with Crippen LogP contribution in [0.15, 0.2) is 36.4 Å². The molecule has 2 heteroatoms. The molecule has 0 unspecified atom stereocenters. The van der Waals surface area contributed by atoms with E-state index in [2.05, 4.69) is 0 Å². The van der Waals surface area contributed by atoms with Crippen molar-refractivity contribution in [2.75, 3.05) is 0 Å². The van der Waals surface area contributed by atoms with Gasteiger partial charge in [-0.3, -0.25) is 0 Å². The molecular formula is C14H12F2. The van der Waals surface area contributed by atoms with Gasteiger partial charge in [-0.15, -0.1) is 0 Å². The van der Waals surface area contributed by atoms with Crippen molar-refractivity contribution in [3.05, 3.63) is 59.2 Å². The van der Waals surface area contributed by atoms with Gasteiger partial charge >= 0.3 is 0 Å². The van der Waals surface area contributed by atoms with E-state index in [4.69, 9.17) is 0 Å². The van der Waals surface area contributed by atoms with Crippen molar-refractivity contribution in [1.29, 1.82) is 0 Å². The Morgan fingerprint density at radius 1 is 0.812 bits per heavy atom. The first-order chi connectivity index (χ1) is 7.59. The Hall–Kier alpha value is -1.70. The predicted molar refractivity (Wildman–Crippen MR) is 61.3 cm³/mol. The predicted octanol–water partition coefficient (Wildman–Crippen LogP) is 4.25. The van der Waals surface area contributed by atoms with Gasteiger partial charge in [-0.1, -0.05) is 24.3 Å². The molecule has 0 bridgehead atoms. The lowest BCUT2D eigenvalue weighted by molar-refractivity contribution is 0.610. The standard InChI is InChI=1S/C14H12F2/c1-9-3-8-13(10(2)14(9)16)11-4-6-12(15)7-5-11/h3-8H,1-2H3. The van der Waals surface area contributed by atoms with Crippen LogP contribution in [0.5, 0.6) is 0 Å². The number of rotatable bonds is 1. The van der Waals surface area contributed by atoms with Crippen LogP contribution in [0.4, 0.5) is 8.78 Å². The van der Waals surface area contributed by atoms with Gasteiger partial charge < -0.3 is 0 Å². The molecule has 0 radical (unpaired) electrons. The van der Waals surface area contributed by atoms with E-state index in [0.29, 0.717) is 11.1 Å². The maximum atomic E-state index is 13.7. The zero-order valence-electron chi connectivity index (χ0n) is 9.22. The van der Waals surface area contributed by atoms with Crippen molar-refractivity contribution in [2.24, 2.45) is 0 Å². The van der Waals surface area contributed by atoms with Crippen molar-refractivity contribution in [1.82, 2.24) is 0 Å². The summed E-state index contributed by atoms with van der Waals surface area (Å²) in [6.07, 6.45) is 0. The first kappa shape index (κ1) is 10.8. The minimum absolute atomic E-state index is 0.193. The van der Waals surface area contributed by atoms with E-state index in [-0.39, 0.29) is 11.6 Å². The molecule has 0 N–H and O–H groups in total. The summed E-state index contributed by atoms with van der Waals surface area (Å²) >= 11 is 0. The normalized spacial score (nSPS) is 10.5. The number of aryl methyl sites for hydroxylation is 1. The third-order valence-corrected chi connectivity index (χ3v) is 2.73. The largest absolute Gasteiger partial charge is 0.207 e. The summed E-state index contributed by atoms with van der Waals surface area (Å²) in [6.45, 7) is 3.47. The summed E-state index contributed by atoms with van der Waals surface area (Å²) in [5, 5.41) is 0. The lowest BCUT2D eigenvalue weighted by Gasteiger charge is -2.08. The van der Waals surface area contributed by atoms with E-state index >= 15 is 0 Å². The van der Waals surface area contributed by atoms with Gasteiger partial charge in [-0.05, 0) is 48.2 Å². The van der Waals surface area contributed by atoms with Gasteiger partial charge in [-0.2, -0.15) is 0 Å². The third kappa shape index (κ3) is 1.83. The topological polar surface area (TPSA) is 0 Å². The molecule has 0 atom stereocenters. The summed E-state index contributed by atoms with van der Waals surface area (Å²) in [7, 11) is 0. The molecule has 16 heavy (non-hydrogen) atoms. The highest BCUT2D eigenvalue weighted by Crippen LogP contribution is 2.26. The van der Waals surface area contributed by atoms with Gasteiger partial charge in [0.2, 0.25) is 0 Å². The summed E-state index contributed by atoms with van der Waals surface area (Å²) in [4.78, 5) is 0. The number of halogens is 2. The Kier molecular flexibility index (Phi) is 2.73. The van der Waals surface area contributed by atoms with E-state index in [1.807, 2.05) is 6.07 Å². The Morgan fingerprint density at radius 3 is 2.06 bits per heavy atom. The average Bonchev–Trinajstić information content (AvgIpc) is 2.28. The highest BCUT2D eigenvalue weighted by Gasteiger charge is 2.08. The molecule has 0 fully saturated rings. The van der Waals surface area contributed by atoms with Crippen LogP contribution in [0.1, 0.15) is 11.1 Å². The maximum absolute atomic E-state index is 13.7. The van der Waals surface area contributed by atoms with E-state index in [9.17, 15) is 8.78 Å². The second-order valence-electron chi connectivity index (χ2n) is 3.88. The average molecular weight is 218 g/mol. The fourth-order valence-corrected chi connectivity index (χ4v) is 1.76. The SMILES string of the molecule is Cc1ccc(-c2ccc(F)cc2)c(C)c1F. The Labute approximate surface area is 93.5 Å². The molecule has 2 aromatic carbocycles. The molecule has 0 spiro atoms. The molecule has 2 aromatic rings. The third-order valence-electron chi connectivity index (χ3n) is 2.73. The summed E-state index contributed by atoms with van der Waals surface area (Å²) in [5.74, 6) is -0.476. The minimum Gasteiger partial charge on any atom is -0.207 e. The fourth-order valence-electron chi connectivity index (χ4n) is 1.76. The lowest BCUT2D eigenvalue weighted by Crippen LogP contribution is -1.91. The Balaban J connectivity index is 2.57. The molecule has 0 nitrogen and oxygen atoms in total. The van der Waals surface area contributed by atoms with E-state index in [1.165, 1.54) is 12.1 Å². The van der Waals surface area contributed by atoms with Crippen molar-refractivity contribution in [3.8, 4) is 11.1 Å². The summed E-state index contributed by atoms with van der Waals surface area (Å²) in [6, 6.07) is 9.68. The molecule has 82 valence electrons. The summed E-state index contributed by atoms with van der Waals surface area (Å²) < 4.78 is 26.5. The molecular weight excluding hydrogens is 206 g/mol. The number of hydrogen-bond acceptors (Lipinski definition) is 0. The molecule has 0 amide bonds. The molecule has 0 saturated heterocycles. The van der Waals surface area contributed by atoms with Crippen LogP contribution in [0.3, 0.4) is 0 Å². The van der Waals surface area contributed by atoms with E-state index in [1.54, 1.807) is 32.0 Å². The zero-order valence-corrected chi connectivity index (χ0v) is 9.22. The monoisotopic (exact) mass is 218 g/mol. The zero-order chi connectivity index (χ0) is 11.7. The quantitative estimate of drug-likeness (QED) is 0.671. The van der Waals surface area contributed by atoms with Gasteiger partial charge in [0, 0.05) is 0 Å². The second kappa shape index (κ2) is 4.05. The Morgan fingerprint density at radius 2 is 1.44 bits per heavy atom. The van der Waals surface area contributed by atoms with Gasteiger partial charge in [0.25, 0.3) is 0 Å². The van der Waals surface area contributed by atoms with Crippen LogP contribution in [-0.4, -0.2) is 0 Å². The van der Waals surface area contributed by atoms with Crippen LogP contribution in [0.25, 0.3) is 11.1 Å². The van der Waals surface area contributed by atoms with Gasteiger partial charge in [0.1, 0.15) is 11.6 Å². The first-order valence-corrected chi connectivity index (χ1v) is 5.11. The summed E-state index contributed by atoms with van der Waals surface area (Å²) in [5.41, 5.74) is 2.87. The number of benzene rings is 2. The van der Waals surface area contributed by atoms with E-state index in [0.717, 1.165) is 11.1 Å². The second-order valence-corrected chi connectivity index (χ2v) is 3.88. The molecule has 2 rings (SSSR count). The molecule has 0 aliphatic carbocycles. The minimum atomic E-state index is -0.283. The van der Waals surface area contributed by atoms with Gasteiger partial charge in [-0.25, -0.2) is 8.78 Å². The molecule has 0 heterocycles. The van der Waals surface area contributed by atoms with Crippen molar-refractivity contribution in [2.45, 2.75) is 13.8 Å². The maximum Gasteiger partial charge on any atom is 0.129 e. The van der Waals surface area contributed by atoms with Crippen molar-refractivity contribution < 1.29 is 8.78 Å². The first-order valence-electron chi connectivity index (χ1n) is 5.11. The molecule has 0 aromatic heterocycles. The molecule has 0 aliphatic rings. The van der Waals surface area contributed by atoms with Gasteiger partial charge in [0.15, 0.2) is 0 Å². The Bertz CT molecular complexity index is 513.